The molecule has 3 aromatic rings. The van der Waals surface area contributed by atoms with Crippen molar-refractivity contribution in [3.63, 3.8) is 0 Å². The maximum Gasteiger partial charge on any atom is 0.247 e. The molecule has 196 valence electrons. The number of nitrogens with one attached hydrogen (secondary N) is 1. The molecule has 1 saturated heterocycles. The molecule has 1 fully saturated rings. The number of hydrogen-bond donors (Lipinski definition) is 1. The van der Waals surface area contributed by atoms with Crippen LogP contribution in [-0.4, -0.2) is 50.4 Å². The number of rotatable bonds is 10. The fourth-order valence-electron chi connectivity index (χ4n) is 4.18. The maximum absolute atomic E-state index is 14.0. The van der Waals surface area contributed by atoms with Gasteiger partial charge in [-0.2, -0.15) is 4.31 Å². The molecule has 1 N–H and O–H groups in total. The molecular formula is C27H31N3O6S. The number of pyridine rings is 1. The zero-order valence-corrected chi connectivity index (χ0v) is 21.7. The Labute approximate surface area is 217 Å². The van der Waals surface area contributed by atoms with Gasteiger partial charge in [0.05, 0.1) is 19.9 Å². The summed E-state index contributed by atoms with van der Waals surface area (Å²) >= 11 is 0. The first-order valence-corrected chi connectivity index (χ1v) is 13.5. The van der Waals surface area contributed by atoms with Crippen molar-refractivity contribution in [3.8, 4) is 17.2 Å². The second-order valence-corrected chi connectivity index (χ2v) is 10.5. The number of methoxy groups -OCH3 is 2. The zero-order valence-electron chi connectivity index (χ0n) is 20.9. The molecule has 0 unspecified atom stereocenters. The van der Waals surface area contributed by atoms with Crippen molar-refractivity contribution in [2.45, 2.75) is 43.4 Å². The number of benzene rings is 2. The topological polar surface area (TPSA) is 107 Å². The molecule has 1 aromatic heterocycles. The summed E-state index contributed by atoms with van der Waals surface area (Å²) in [7, 11) is -1.28. The molecular weight excluding hydrogens is 494 g/mol. The van der Waals surface area contributed by atoms with Crippen LogP contribution in [0.5, 0.6) is 17.2 Å². The second kappa shape index (κ2) is 12.1. The highest BCUT2D eigenvalue weighted by molar-refractivity contribution is 7.89. The summed E-state index contributed by atoms with van der Waals surface area (Å²) in [6.07, 6.45) is 3.65. The molecule has 0 bridgehead atoms. The van der Waals surface area contributed by atoms with Gasteiger partial charge >= 0.3 is 0 Å². The van der Waals surface area contributed by atoms with E-state index in [1.54, 1.807) is 42.6 Å². The van der Waals surface area contributed by atoms with Gasteiger partial charge in [0, 0.05) is 25.4 Å². The van der Waals surface area contributed by atoms with Gasteiger partial charge in [-0.05, 0) is 61.2 Å². The average molecular weight is 526 g/mol. The Bertz CT molecular complexity index is 1300. The number of nitrogens with zero attached hydrogens (tertiary/aromatic N) is 2. The molecule has 0 saturated carbocycles. The molecule has 10 heteroatoms. The van der Waals surface area contributed by atoms with Crippen molar-refractivity contribution in [2.75, 3.05) is 20.8 Å². The number of ether oxygens (including phenoxy) is 3. The minimum absolute atomic E-state index is 0.00129. The van der Waals surface area contributed by atoms with E-state index in [1.807, 2.05) is 18.2 Å². The second-order valence-electron chi connectivity index (χ2n) is 8.62. The van der Waals surface area contributed by atoms with Crippen molar-refractivity contribution in [1.29, 1.82) is 0 Å². The third-order valence-corrected chi connectivity index (χ3v) is 8.06. The Hall–Kier alpha value is -3.63. The number of carbonyl (C=O) groups excluding carboxylic acids is 1. The van der Waals surface area contributed by atoms with Crippen molar-refractivity contribution >= 4 is 15.9 Å². The van der Waals surface area contributed by atoms with Crippen molar-refractivity contribution in [2.24, 2.45) is 0 Å². The molecule has 2 heterocycles. The Morgan fingerprint density at radius 3 is 2.49 bits per heavy atom. The number of hydrogen-bond acceptors (Lipinski definition) is 7. The average Bonchev–Trinajstić information content (AvgIpc) is 3.15. The van der Waals surface area contributed by atoms with E-state index in [2.05, 4.69) is 10.3 Å². The maximum atomic E-state index is 14.0. The lowest BCUT2D eigenvalue weighted by Crippen LogP contribution is -2.48. The summed E-state index contributed by atoms with van der Waals surface area (Å²) in [5, 5.41) is 2.85. The molecule has 0 radical (unpaired) electrons. The van der Waals surface area contributed by atoms with Crippen LogP contribution in [0.25, 0.3) is 0 Å². The lowest BCUT2D eigenvalue weighted by atomic mass is 10.1. The van der Waals surface area contributed by atoms with E-state index in [9.17, 15) is 13.2 Å². The van der Waals surface area contributed by atoms with Crippen molar-refractivity contribution < 1.29 is 27.4 Å². The Morgan fingerprint density at radius 1 is 1.00 bits per heavy atom. The molecule has 1 aliphatic rings. The predicted molar refractivity (Wildman–Crippen MR) is 138 cm³/mol. The summed E-state index contributed by atoms with van der Waals surface area (Å²) in [6.45, 7) is 0.841. The van der Waals surface area contributed by atoms with E-state index in [1.165, 1.54) is 24.6 Å². The Balaban J connectivity index is 1.63. The van der Waals surface area contributed by atoms with E-state index in [-0.39, 0.29) is 23.1 Å². The number of amides is 1. The van der Waals surface area contributed by atoms with Crippen LogP contribution in [0.4, 0.5) is 0 Å². The standard InChI is InChI=1S/C27H31N3O6S/c1-34-23-13-14-25(35-2)26(17-23)37(32,33)30(24-8-4-6-16-29-27(24)31)18-20-9-11-22(12-10-20)36-19-21-7-3-5-15-28-21/h3,5,7,9-15,17,24H,4,6,8,16,18-19H2,1-2H3,(H,29,31)/t24-/m0/s1. The highest BCUT2D eigenvalue weighted by Gasteiger charge is 2.38. The molecule has 4 rings (SSSR count). The van der Waals surface area contributed by atoms with Crippen molar-refractivity contribution in [3.05, 3.63) is 78.1 Å². The van der Waals surface area contributed by atoms with Gasteiger partial charge in [-0.15, -0.1) is 0 Å². The van der Waals surface area contributed by atoms with Crippen LogP contribution < -0.4 is 19.5 Å². The van der Waals surface area contributed by atoms with Gasteiger partial charge in [0.2, 0.25) is 15.9 Å². The van der Waals surface area contributed by atoms with Gasteiger partial charge in [0.25, 0.3) is 0 Å². The summed E-state index contributed by atoms with van der Waals surface area (Å²) in [4.78, 5) is 17.2. The van der Waals surface area contributed by atoms with E-state index < -0.39 is 16.1 Å². The summed E-state index contributed by atoms with van der Waals surface area (Å²) in [5.74, 6) is 0.876. The third kappa shape index (κ3) is 6.39. The SMILES string of the molecule is COc1ccc(OC)c(S(=O)(=O)N(Cc2ccc(OCc3ccccn3)cc2)[C@H]2CCCCNC2=O)c1. The Kier molecular flexibility index (Phi) is 8.62. The predicted octanol–water partition coefficient (Wildman–Crippen LogP) is 3.54. The van der Waals surface area contributed by atoms with E-state index in [4.69, 9.17) is 14.2 Å². The summed E-state index contributed by atoms with van der Waals surface area (Å²) < 4.78 is 45.8. The third-order valence-electron chi connectivity index (χ3n) is 6.19. The van der Waals surface area contributed by atoms with E-state index in [0.717, 1.165) is 18.5 Å². The first kappa shape index (κ1) is 26.4. The minimum atomic E-state index is -4.15. The largest absolute Gasteiger partial charge is 0.497 e. The molecule has 1 atom stereocenters. The number of carbonyl (C=O) groups is 1. The van der Waals surface area contributed by atoms with Crippen LogP contribution in [0.2, 0.25) is 0 Å². The smallest absolute Gasteiger partial charge is 0.247 e. The first-order chi connectivity index (χ1) is 17.9. The summed E-state index contributed by atoms with van der Waals surface area (Å²) in [5.41, 5.74) is 1.52. The minimum Gasteiger partial charge on any atom is -0.497 e. The molecule has 1 aliphatic heterocycles. The molecule has 0 spiro atoms. The van der Waals surface area contributed by atoms with Gasteiger partial charge in [-0.1, -0.05) is 18.2 Å². The fraction of sp³-hybridized carbons (Fsp3) is 0.333. The molecule has 1 amide bonds. The molecule has 37 heavy (non-hydrogen) atoms. The van der Waals surface area contributed by atoms with Crippen molar-refractivity contribution in [1.82, 2.24) is 14.6 Å². The van der Waals surface area contributed by atoms with Crippen LogP contribution in [0, 0.1) is 0 Å². The molecule has 9 nitrogen and oxygen atoms in total. The summed E-state index contributed by atoms with van der Waals surface area (Å²) in [6, 6.07) is 16.5. The van der Waals surface area contributed by atoms with Crippen LogP contribution in [0.15, 0.2) is 71.8 Å². The molecule has 2 aromatic carbocycles. The monoisotopic (exact) mass is 525 g/mol. The first-order valence-electron chi connectivity index (χ1n) is 12.1. The van der Waals surface area contributed by atoms with Gasteiger partial charge in [-0.25, -0.2) is 8.42 Å². The van der Waals surface area contributed by atoms with Gasteiger partial charge < -0.3 is 19.5 Å². The van der Waals surface area contributed by atoms with Crippen LogP contribution in [-0.2, 0) is 28.0 Å². The van der Waals surface area contributed by atoms with E-state index in [0.29, 0.717) is 36.6 Å². The van der Waals surface area contributed by atoms with Crippen LogP contribution >= 0.6 is 0 Å². The van der Waals surface area contributed by atoms with Gasteiger partial charge in [0.1, 0.15) is 34.8 Å². The quantitative estimate of drug-likeness (QED) is 0.431. The number of sulfonamides is 1. The van der Waals surface area contributed by atoms with Gasteiger partial charge in [0.15, 0.2) is 0 Å². The molecule has 0 aliphatic carbocycles. The van der Waals surface area contributed by atoms with E-state index >= 15 is 0 Å². The lowest BCUT2D eigenvalue weighted by molar-refractivity contribution is -0.124. The lowest BCUT2D eigenvalue weighted by Gasteiger charge is -2.30. The van der Waals surface area contributed by atoms with Gasteiger partial charge in [-0.3, -0.25) is 9.78 Å². The fourth-order valence-corrected chi connectivity index (χ4v) is 5.96. The highest BCUT2D eigenvalue weighted by Crippen LogP contribution is 2.33. The zero-order chi connectivity index (χ0) is 26.3. The Morgan fingerprint density at radius 2 is 1.78 bits per heavy atom. The normalized spacial score (nSPS) is 16.1. The van der Waals surface area contributed by atoms with Crippen LogP contribution in [0.1, 0.15) is 30.5 Å². The highest BCUT2D eigenvalue weighted by atomic mass is 32.2. The van der Waals surface area contributed by atoms with Crippen LogP contribution in [0.3, 0.4) is 0 Å². The number of aromatic nitrogens is 1.